The molecule has 0 aliphatic carbocycles. The van der Waals surface area contributed by atoms with Gasteiger partial charge in [-0.15, -0.1) is 0 Å². The maximum atomic E-state index is 11.6. The molecule has 106 valence electrons. The fourth-order valence-corrected chi connectivity index (χ4v) is 2.05. The Kier molecular flexibility index (Phi) is 4.84. The third kappa shape index (κ3) is 4.13. The van der Waals surface area contributed by atoms with Gasteiger partial charge in [-0.3, -0.25) is 4.79 Å². The first kappa shape index (κ1) is 14.7. The number of halogens is 1. The molecule has 0 bridgehead atoms. The zero-order chi connectivity index (χ0) is 14.5. The third-order valence-corrected chi connectivity index (χ3v) is 3.33. The standard InChI is InChI=1S/C15H17BrN2O2/c1-18(2)15(19)9-11-3-5-12(6-4-11)17-10-13-7-8-14(16)20-13/h3-8,17H,9-10H2,1-2H3. The van der Waals surface area contributed by atoms with Gasteiger partial charge in [0.05, 0.1) is 13.0 Å². The number of hydrogen-bond donors (Lipinski definition) is 1. The Morgan fingerprint density at radius 3 is 2.45 bits per heavy atom. The summed E-state index contributed by atoms with van der Waals surface area (Å²) in [7, 11) is 3.53. The summed E-state index contributed by atoms with van der Waals surface area (Å²) in [6.07, 6.45) is 0.429. The Balaban J connectivity index is 1.89. The molecular weight excluding hydrogens is 320 g/mol. The van der Waals surface area contributed by atoms with Gasteiger partial charge in [0.25, 0.3) is 0 Å². The first-order chi connectivity index (χ1) is 9.54. The molecule has 1 amide bonds. The van der Waals surface area contributed by atoms with E-state index in [0.717, 1.165) is 21.7 Å². The van der Waals surface area contributed by atoms with Crippen LogP contribution in [0.25, 0.3) is 0 Å². The van der Waals surface area contributed by atoms with Crippen LogP contribution in [0.2, 0.25) is 0 Å². The van der Waals surface area contributed by atoms with Gasteiger partial charge in [-0.25, -0.2) is 0 Å². The predicted molar refractivity (Wildman–Crippen MR) is 82.6 cm³/mol. The molecule has 2 rings (SSSR count). The first-order valence-corrected chi connectivity index (χ1v) is 7.11. The van der Waals surface area contributed by atoms with Gasteiger partial charge in [-0.1, -0.05) is 12.1 Å². The Bertz CT molecular complexity index is 576. The summed E-state index contributed by atoms with van der Waals surface area (Å²) < 4.78 is 6.14. The van der Waals surface area contributed by atoms with E-state index in [2.05, 4.69) is 21.2 Å². The van der Waals surface area contributed by atoms with Gasteiger partial charge < -0.3 is 14.6 Å². The minimum atomic E-state index is 0.103. The van der Waals surface area contributed by atoms with Crippen LogP contribution in [-0.2, 0) is 17.8 Å². The molecule has 0 unspecified atom stereocenters. The van der Waals surface area contributed by atoms with Crippen LogP contribution in [0.3, 0.4) is 0 Å². The van der Waals surface area contributed by atoms with E-state index in [1.54, 1.807) is 19.0 Å². The van der Waals surface area contributed by atoms with Gasteiger partial charge in [-0.05, 0) is 45.8 Å². The average molecular weight is 337 g/mol. The smallest absolute Gasteiger partial charge is 0.226 e. The number of rotatable bonds is 5. The highest BCUT2D eigenvalue weighted by atomic mass is 79.9. The molecule has 0 atom stereocenters. The van der Waals surface area contributed by atoms with Crippen LogP contribution in [0.4, 0.5) is 5.69 Å². The number of furan rings is 1. The minimum Gasteiger partial charge on any atom is -0.452 e. The van der Waals surface area contributed by atoms with Crippen molar-refractivity contribution >= 4 is 27.5 Å². The van der Waals surface area contributed by atoms with Crippen molar-refractivity contribution in [3.05, 3.63) is 52.4 Å². The van der Waals surface area contributed by atoms with Gasteiger partial charge >= 0.3 is 0 Å². The van der Waals surface area contributed by atoms with E-state index in [4.69, 9.17) is 4.42 Å². The molecule has 1 heterocycles. The van der Waals surface area contributed by atoms with Crippen LogP contribution in [0.15, 0.2) is 45.5 Å². The SMILES string of the molecule is CN(C)C(=O)Cc1ccc(NCc2ccc(Br)o2)cc1. The number of hydrogen-bond acceptors (Lipinski definition) is 3. The predicted octanol–water partition coefficient (Wildman–Crippen LogP) is 3.28. The first-order valence-electron chi connectivity index (χ1n) is 6.32. The second-order valence-corrected chi connectivity index (χ2v) is 5.50. The Hall–Kier alpha value is -1.75. The topological polar surface area (TPSA) is 45.5 Å². The second-order valence-electron chi connectivity index (χ2n) is 4.72. The van der Waals surface area contributed by atoms with Crippen LogP contribution in [-0.4, -0.2) is 24.9 Å². The molecule has 20 heavy (non-hydrogen) atoms. The average Bonchev–Trinajstić information content (AvgIpc) is 2.83. The molecule has 1 N–H and O–H groups in total. The largest absolute Gasteiger partial charge is 0.452 e. The molecule has 0 fully saturated rings. The van der Waals surface area contributed by atoms with E-state index >= 15 is 0 Å². The van der Waals surface area contributed by atoms with Gasteiger partial charge in [-0.2, -0.15) is 0 Å². The molecule has 1 aromatic carbocycles. The molecule has 0 saturated carbocycles. The van der Waals surface area contributed by atoms with Gasteiger partial charge in [0.2, 0.25) is 5.91 Å². The molecule has 5 heteroatoms. The summed E-state index contributed by atoms with van der Waals surface area (Å²) in [5, 5.41) is 3.27. The minimum absolute atomic E-state index is 0.103. The Morgan fingerprint density at radius 2 is 1.90 bits per heavy atom. The molecular formula is C15H17BrN2O2. The highest BCUT2D eigenvalue weighted by molar-refractivity contribution is 9.10. The highest BCUT2D eigenvalue weighted by Crippen LogP contribution is 2.16. The van der Waals surface area contributed by atoms with E-state index in [1.807, 2.05) is 36.4 Å². The quantitative estimate of drug-likeness (QED) is 0.911. The van der Waals surface area contributed by atoms with Crippen molar-refractivity contribution in [3.8, 4) is 0 Å². The van der Waals surface area contributed by atoms with Crippen LogP contribution in [0, 0.1) is 0 Å². The number of nitrogens with zero attached hydrogens (tertiary/aromatic N) is 1. The van der Waals surface area contributed by atoms with Crippen molar-refractivity contribution < 1.29 is 9.21 Å². The lowest BCUT2D eigenvalue weighted by Gasteiger charge is -2.10. The number of amides is 1. The molecule has 2 aromatic rings. The summed E-state index contributed by atoms with van der Waals surface area (Å²) in [5.41, 5.74) is 2.01. The Morgan fingerprint density at radius 1 is 1.20 bits per heavy atom. The normalized spacial score (nSPS) is 10.3. The lowest BCUT2D eigenvalue weighted by molar-refractivity contribution is -0.127. The monoisotopic (exact) mass is 336 g/mol. The summed E-state index contributed by atoms with van der Waals surface area (Å²) in [6, 6.07) is 11.6. The van der Waals surface area contributed by atoms with E-state index in [0.29, 0.717) is 13.0 Å². The van der Waals surface area contributed by atoms with E-state index in [9.17, 15) is 4.79 Å². The molecule has 0 saturated heterocycles. The summed E-state index contributed by atoms with van der Waals surface area (Å²) in [5.74, 6) is 0.967. The van der Waals surface area contributed by atoms with Crippen LogP contribution < -0.4 is 5.32 Å². The number of likely N-dealkylation sites (N-methyl/N-ethyl adjacent to an activating group) is 1. The fourth-order valence-electron chi connectivity index (χ4n) is 1.71. The molecule has 0 radical (unpaired) electrons. The zero-order valence-electron chi connectivity index (χ0n) is 11.5. The number of nitrogens with one attached hydrogen (secondary N) is 1. The van der Waals surface area contributed by atoms with Crippen LogP contribution >= 0.6 is 15.9 Å². The van der Waals surface area contributed by atoms with Crippen LogP contribution in [0.1, 0.15) is 11.3 Å². The van der Waals surface area contributed by atoms with E-state index in [1.165, 1.54) is 0 Å². The van der Waals surface area contributed by atoms with E-state index in [-0.39, 0.29) is 5.91 Å². The second kappa shape index (κ2) is 6.61. The molecule has 4 nitrogen and oxygen atoms in total. The number of carbonyl (C=O) groups excluding carboxylic acids is 1. The zero-order valence-corrected chi connectivity index (χ0v) is 13.1. The van der Waals surface area contributed by atoms with Crippen molar-refractivity contribution in [2.45, 2.75) is 13.0 Å². The third-order valence-electron chi connectivity index (χ3n) is 2.90. The molecule has 0 spiro atoms. The number of benzene rings is 1. The molecule has 1 aromatic heterocycles. The van der Waals surface area contributed by atoms with E-state index < -0.39 is 0 Å². The summed E-state index contributed by atoms with van der Waals surface area (Å²) in [4.78, 5) is 13.2. The lowest BCUT2D eigenvalue weighted by Crippen LogP contribution is -2.23. The van der Waals surface area contributed by atoms with Crippen molar-refractivity contribution in [2.75, 3.05) is 19.4 Å². The Labute approximate surface area is 126 Å². The number of carbonyl (C=O) groups is 1. The van der Waals surface area contributed by atoms with Crippen LogP contribution in [0.5, 0.6) is 0 Å². The van der Waals surface area contributed by atoms with Gasteiger partial charge in [0.15, 0.2) is 4.67 Å². The van der Waals surface area contributed by atoms with Gasteiger partial charge in [0.1, 0.15) is 5.76 Å². The maximum absolute atomic E-state index is 11.6. The molecule has 0 aliphatic heterocycles. The highest BCUT2D eigenvalue weighted by Gasteiger charge is 2.05. The van der Waals surface area contributed by atoms with Crippen molar-refractivity contribution in [1.29, 1.82) is 0 Å². The van der Waals surface area contributed by atoms with Crippen molar-refractivity contribution in [3.63, 3.8) is 0 Å². The summed E-state index contributed by atoms with van der Waals surface area (Å²) in [6.45, 7) is 0.627. The number of anilines is 1. The lowest BCUT2D eigenvalue weighted by atomic mass is 10.1. The van der Waals surface area contributed by atoms with Crippen molar-refractivity contribution in [1.82, 2.24) is 4.90 Å². The maximum Gasteiger partial charge on any atom is 0.226 e. The fraction of sp³-hybridized carbons (Fsp3) is 0.267. The summed E-state index contributed by atoms with van der Waals surface area (Å²) >= 11 is 3.27. The molecule has 0 aliphatic rings. The van der Waals surface area contributed by atoms with Crippen molar-refractivity contribution in [2.24, 2.45) is 0 Å². The van der Waals surface area contributed by atoms with Gasteiger partial charge in [0, 0.05) is 19.8 Å².